The largest absolute Gasteiger partial charge is 0.383 e. The van der Waals surface area contributed by atoms with Gasteiger partial charge in [-0.05, 0) is 49.1 Å². The number of aromatic nitrogens is 2. The third-order valence-corrected chi connectivity index (χ3v) is 6.83. The van der Waals surface area contributed by atoms with Gasteiger partial charge in [0.05, 0.1) is 34.9 Å². The molecule has 4 aromatic carbocycles. The molecule has 0 saturated heterocycles. The van der Waals surface area contributed by atoms with Gasteiger partial charge in [-0.1, -0.05) is 66.7 Å². The predicted molar refractivity (Wildman–Crippen MR) is 152 cm³/mol. The van der Waals surface area contributed by atoms with Gasteiger partial charge in [-0.2, -0.15) is 0 Å². The van der Waals surface area contributed by atoms with E-state index in [-0.39, 0.29) is 11.6 Å². The van der Waals surface area contributed by atoms with Crippen LogP contribution in [-0.2, 0) is 4.74 Å². The molecule has 38 heavy (non-hydrogen) atoms. The number of hydrogen-bond donors (Lipinski definition) is 1. The summed E-state index contributed by atoms with van der Waals surface area (Å²) in [5, 5.41) is 5.59. The molecule has 1 unspecified atom stereocenters. The van der Waals surface area contributed by atoms with Gasteiger partial charge in [-0.25, -0.2) is 9.78 Å². The van der Waals surface area contributed by atoms with E-state index < -0.39 is 6.04 Å². The maximum Gasteiger partial charge on any atom is 0.322 e. The molecule has 2 amide bonds. The van der Waals surface area contributed by atoms with Crippen LogP contribution in [0.1, 0.15) is 24.4 Å². The number of methoxy groups -OCH3 is 1. The first kappa shape index (κ1) is 25.2. The lowest BCUT2D eigenvalue weighted by atomic mass is 10.1. The highest BCUT2D eigenvalue weighted by atomic mass is 16.5. The van der Waals surface area contributed by atoms with Crippen molar-refractivity contribution in [1.82, 2.24) is 14.5 Å². The van der Waals surface area contributed by atoms with Gasteiger partial charge in [0.25, 0.3) is 5.56 Å². The van der Waals surface area contributed by atoms with Crippen molar-refractivity contribution in [3.8, 4) is 5.69 Å². The summed E-state index contributed by atoms with van der Waals surface area (Å²) < 4.78 is 6.98. The summed E-state index contributed by atoms with van der Waals surface area (Å²) in [5.74, 6) is 0.479. The molecule has 7 heteroatoms. The average Bonchev–Trinajstić information content (AvgIpc) is 2.94. The number of fused-ring (bicyclic) bond motifs is 2. The fourth-order valence-corrected chi connectivity index (χ4v) is 4.80. The molecule has 0 fully saturated rings. The van der Waals surface area contributed by atoms with Crippen LogP contribution in [0.4, 0.5) is 10.5 Å². The van der Waals surface area contributed by atoms with Crippen LogP contribution in [0.2, 0.25) is 0 Å². The van der Waals surface area contributed by atoms with Gasteiger partial charge in [0, 0.05) is 19.0 Å². The molecule has 5 rings (SSSR count). The minimum Gasteiger partial charge on any atom is -0.383 e. The lowest BCUT2D eigenvalue weighted by Gasteiger charge is -2.31. The zero-order chi connectivity index (χ0) is 26.6. The quantitative estimate of drug-likeness (QED) is 0.290. The molecule has 1 N–H and O–H groups in total. The monoisotopic (exact) mass is 506 g/mol. The predicted octanol–water partition coefficient (Wildman–Crippen LogP) is 6.09. The fraction of sp³-hybridized carbons (Fsp3) is 0.194. The van der Waals surface area contributed by atoms with Gasteiger partial charge in [-0.15, -0.1) is 0 Å². The number of ether oxygens (including phenoxy) is 1. The van der Waals surface area contributed by atoms with E-state index in [2.05, 4.69) is 5.32 Å². The average molecular weight is 507 g/mol. The van der Waals surface area contributed by atoms with Crippen LogP contribution in [0.3, 0.4) is 0 Å². The van der Waals surface area contributed by atoms with Crippen molar-refractivity contribution < 1.29 is 9.53 Å². The van der Waals surface area contributed by atoms with E-state index in [1.807, 2.05) is 98.8 Å². The Balaban J connectivity index is 1.62. The highest BCUT2D eigenvalue weighted by Gasteiger charge is 2.27. The van der Waals surface area contributed by atoms with Crippen LogP contribution in [0, 0.1) is 6.92 Å². The zero-order valence-electron chi connectivity index (χ0n) is 21.7. The fourth-order valence-electron chi connectivity index (χ4n) is 4.80. The van der Waals surface area contributed by atoms with Crippen molar-refractivity contribution in [3.05, 3.63) is 113 Å². The van der Waals surface area contributed by atoms with Crippen molar-refractivity contribution in [3.63, 3.8) is 0 Å². The number of carbonyl (C=O) groups excluding carboxylic acids is 1. The number of amides is 2. The SMILES string of the molecule is COCCN(C(=O)Nc1cccc2ccccc12)C(C)c1nc2ccccc2c(=O)n1-c1ccccc1C. The molecule has 7 nitrogen and oxygen atoms in total. The van der Waals surface area contributed by atoms with E-state index in [1.165, 1.54) is 0 Å². The number of hydrogen-bond acceptors (Lipinski definition) is 4. The van der Waals surface area contributed by atoms with Crippen molar-refractivity contribution in [2.75, 3.05) is 25.6 Å². The number of nitrogens with zero attached hydrogens (tertiary/aromatic N) is 3. The Hall–Kier alpha value is -4.49. The number of benzene rings is 4. The van der Waals surface area contributed by atoms with Crippen LogP contribution in [0.25, 0.3) is 27.4 Å². The summed E-state index contributed by atoms with van der Waals surface area (Å²) in [6, 6.07) is 27.9. The molecule has 0 aliphatic carbocycles. The number of aryl methyl sites for hydroxylation is 1. The summed E-state index contributed by atoms with van der Waals surface area (Å²) in [6.07, 6.45) is 0. The van der Waals surface area contributed by atoms with Crippen molar-refractivity contribution in [2.24, 2.45) is 0 Å². The molecule has 1 aromatic heterocycles. The minimum absolute atomic E-state index is 0.173. The molecule has 1 heterocycles. The summed E-state index contributed by atoms with van der Waals surface area (Å²) in [7, 11) is 1.60. The lowest BCUT2D eigenvalue weighted by Crippen LogP contribution is -2.41. The van der Waals surface area contributed by atoms with E-state index in [9.17, 15) is 9.59 Å². The topological polar surface area (TPSA) is 76.5 Å². The van der Waals surface area contributed by atoms with E-state index in [1.54, 1.807) is 22.6 Å². The second kappa shape index (κ2) is 10.9. The summed E-state index contributed by atoms with van der Waals surface area (Å²) >= 11 is 0. The van der Waals surface area contributed by atoms with E-state index in [4.69, 9.17) is 9.72 Å². The maximum absolute atomic E-state index is 13.8. The van der Waals surface area contributed by atoms with Crippen LogP contribution < -0.4 is 10.9 Å². The van der Waals surface area contributed by atoms with Gasteiger partial charge in [0.15, 0.2) is 0 Å². The van der Waals surface area contributed by atoms with Crippen molar-refractivity contribution in [1.29, 1.82) is 0 Å². The first-order valence-corrected chi connectivity index (χ1v) is 12.6. The van der Waals surface area contributed by atoms with E-state index in [0.29, 0.717) is 35.6 Å². The van der Waals surface area contributed by atoms with Crippen molar-refractivity contribution >= 4 is 33.4 Å². The molecule has 0 radical (unpaired) electrons. The van der Waals surface area contributed by atoms with E-state index in [0.717, 1.165) is 22.0 Å². The smallest absolute Gasteiger partial charge is 0.322 e. The Morgan fingerprint density at radius 3 is 2.42 bits per heavy atom. The Morgan fingerprint density at radius 1 is 0.947 bits per heavy atom. The number of carbonyl (C=O) groups is 1. The number of urea groups is 1. The van der Waals surface area contributed by atoms with Crippen LogP contribution in [0.5, 0.6) is 0 Å². The first-order valence-electron chi connectivity index (χ1n) is 12.6. The third-order valence-electron chi connectivity index (χ3n) is 6.83. The molecule has 0 spiro atoms. The van der Waals surface area contributed by atoms with Gasteiger partial charge >= 0.3 is 6.03 Å². The Bertz CT molecular complexity index is 1670. The van der Waals surface area contributed by atoms with Gasteiger partial charge in [-0.3, -0.25) is 9.36 Å². The van der Waals surface area contributed by atoms with E-state index >= 15 is 0 Å². The highest BCUT2D eigenvalue weighted by molar-refractivity contribution is 6.01. The summed E-state index contributed by atoms with van der Waals surface area (Å²) in [6.45, 7) is 4.49. The molecular weight excluding hydrogens is 476 g/mol. The Morgan fingerprint density at radius 2 is 1.63 bits per heavy atom. The molecule has 0 aliphatic heterocycles. The van der Waals surface area contributed by atoms with Gasteiger partial charge < -0.3 is 15.0 Å². The summed E-state index contributed by atoms with van der Waals surface area (Å²) in [4.78, 5) is 34.2. The molecule has 0 aliphatic rings. The maximum atomic E-state index is 13.8. The zero-order valence-corrected chi connectivity index (χ0v) is 21.7. The standard InChI is InChI=1S/C31H30N4O3/c1-21-11-4-9-18-28(21)35-29(32-27-16-8-7-15-25(27)30(35)36)22(2)34(19-20-38-3)31(37)33-26-17-10-13-23-12-5-6-14-24(23)26/h4-18,22H,19-20H2,1-3H3,(H,33,37). The Kier molecular flexibility index (Phi) is 7.20. The number of rotatable bonds is 7. The van der Waals surface area contributed by atoms with Crippen LogP contribution in [0.15, 0.2) is 95.8 Å². The molecular formula is C31H30N4O3. The van der Waals surface area contributed by atoms with Gasteiger partial charge in [0.2, 0.25) is 0 Å². The lowest BCUT2D eigenvalue weighted by molar-refractivity contribution is 0.137. The normalized spacial score (nSPS) is 12.0. The Labute approximate surface area is 221 Å². The summed E-state index contributed by atoms with van der Waals surface area (Å²) in [5.41, 5.74) is 2.80. The number of anilines is 1. The molecule has 192 valence electrons. The molecule has 5 aromatic rings. The van der Waals surface area contributed by atoms with Gasteiger partial charge in [0.1, 0.15) is 5.82 Å². The minimum atomic E-state index is -0.544. The third kappa shape index (κ3) is 4.76. The molecule has 0 bridgehead atoms. The van der Waals surface area contributed by atoms with Crippen LogP contribution in [-0.4, -0.2) is 40.7 Å². The first-order chi connectivity index (χ1) is 18.5. The highest BCUT2D eigenvalue weighted by Crippen LogP contribution is 2.27. The molecule has 0 saturated carbocycles. The second-order valence-corrected chi connectivity index (χ2v) is 9.23. The van der Waals surface area contributed by atoms with Crippen molar-refractivity contribution in [2.45, 2.75) is 19.9 Å². The number of nitrogens with one attached hydrogen (secondary N) is 1. The number of para-hydroxylation sites is 2. The molecule has 1 atom stereocenters. The second-order valence-electron chi connectivity index (χ2n) is 9.23. The van der Waals surface area contributed by atoms with Crippen LogP contribution >= 0.6 is 0 Å².